The van der Waals surface area contributed by atoms with Gasteiger partial charge in [0.05, 0.1) is 24.2 Å². The van der Waals surface area contributed by atoms with Crippen LogP contribution in [-0.2, 0) is 5.41 Å². The van der Waals surface area contributed by atoms with Crippen LogP contribution in [-0.4, -0.2) is 29.2 Å². The lowest BCUT2D eigenvalue weighted by molar-refractivity contribution is 0.297. The van der Waals surface area contributed by atoms with Gasteiger partial charge in [-0.05, 0) is 12.8 Å². The van der Waals surface area contributed by atoms with E-state index in [1.54, 1.807) is 0 Å². The molecule has 2 heterocycles. The summed E-state index contributed by atoms with van der Waals surface area (Å²) in [5.74, 6) is 2.58. The van der Waals surface area contributed by atoms with Crippen molar-refractivity contribution in [1.82, 2.24) is 9.97 Å². The van der Waals surface area contributed by atoms with Gasteiger partial charge in [0.15, 0.2) is 11.5 Å². The van der Waals surface area contributed by atoms with Crippen LogP contribution >= 0.6 is 0 Å². The maximum Gasteiger partial charge on any atom is 0.163 e. The molecule has 0 saturated heterocycles. The molecule has 4 rings (SSSR count). The molecule has 1 aromatic heterocycles. The maximum atomic E-state index is 6.30. The Balaban J connectivity index is 1.80. The van der Waals surface area contributed by atoms with Crippen molar-refractivity contribution in [2.75, 3.05) is 13.2 Å². The number of hydrogen-bond acceptors (Lipinski definition) is 4. The molecule has 112 valence electrons. The molecular formula is C16H21N3O2. The lowest BCUT2D eigenvalue weighted by atomic mass is 9.84. The van der Waals surface area contributed by atoms with Gasteiger partial charge in [-0.2, -0.15) is 0 Å². The largest absolute Gasteiger partial charge is 0.489 e. The topological polar surface area (TPSA) is 73.2 Å². The third kappa shape index (κ3) is 1.99. The highest BCUT2D eigenvalue weighted by molar-refractivity contribution is 5.80. The van der Waals surface area contributed by atoms with Gasteiger partial charge in [-0.15, -0.1) is 0 Å². The summed E-state index contributed by atoms with van der Waals surface area (Å²) in [6.07, 6.45) is 4.22. The first-order valence-electron chi connectivity index (χ1n) is 7.72. The number of benzene rings is 1. The quantitative estimate of drug-likeness (QED) is 0.845. The Bertz CT molecular complexity index is 638. The lowest BCUT2D eigenvalue weighted by Crippen LogP contribution is -2.39. The van der Waals surface area contributed by atoms with Crippen LogP contribution in [0.5, 0.6) is 11.5 Å². The van der Waals surface area contributed by atoms with Gasteiger partial charge in [0.1, 0.15) is 5.82 Å². The second-order valence-electron chi connectivity index (χ2n) is 6.37. The Morgan fingerprint density at radius 1 is 1.24 bits per heavy atom. The first-order valence-corrected chi connectivity index (χ1v) is 7.72. The molecule has 3 N–H and O–H groups in total. The van der Waals surface area contributed by atoms with E-state index in [9.17, 15) is 0 Å². The number of rotatable bonds is 1. The van der Waals surface area contributed by atoms with E-state index in [4.69, 9.17) is 20.2 Å². The van der Waals surface area contributed by atoms with Crippen molar-refractivity contribution in [3.63, 3.8) is 0 Å². The van der Waals surface area contributed by atoms with Gasteiger partial charge >= 0.3 is 0 Å². The number of nitrogens with one attached hydrogen (secondary N) is 1. The SMILES string of the molecule is CC1(c2nc3cc4c(cc3[nH]2)OCCCO4)CCCC1N. The van der Waals surface area contributed by atoms with E-state index in [2.05, 4.69) is 11.9 Å². The van der Waals surface area contributed by atoms with Crippen LogP contribution in [0.1, 0.15) is 38.4 Å². The number of nitrogens with two attached hydrogens (primary N) is 1. The van der Waals surface area contributed by atoms with Crippen molar-refractivity contribution in [3.8, 4) is 11.5 Å². The number of aromatic nitrogens is 2. The highest BCUT2D eigenvalue weighted by Gasteiger charge is 2.40. The van der Waals surface area contributed by atoms with E-state index in [-0.39, 0.29) is 11.5 Å². The summed E-state index contributed by atoms with van der Waals surface area (Å²) in [5.41, 5.74) is 8.16. The number of fused-ring (bicyclic) bond motifs is 2. The fourth-order valence-corrected chi connectivity index (χ4v) is 3.42. The Morgan fingerprint density at radius 3 is 2.71 bits per heavy atom. The van der Waals surface area contributed by atoms with Crippen molar-refractivity contribution < 1.29 is 9.47 Å². The predicted molar refractivity (Wildman–Crippen MR) is 80.9 cm³/mol. The number of imidazole rings is 1. The molecule has 2 aromatic rings. The third-order valence-corrected chi connectivity index (χ3v) is 4.92. The molecule has 1 aliphatic carbocycles. The molecule has 5 heteroatoms. The first kappa shape index (κ1) is 13.0. The fourth-order valence-electron chi connectivity index (χ4n) is 3.42. The third-order valence-electron chi connectivity index (χ3n) is 4.92. The van der Waals surface area contributed by atoms with E-state index in [1.807, 2.05) is 12.1 Å². The van der Waals surface area contributed by atoms with Crippen molar-refractivity contribution in [2.45, 2.75) is 44.1 Å². The Kier molecular flexibility index (Phi) is 2.85. The number of H-pyrrole nitrogens is 1. The molecule has 1 saturated carbocycles. The Morgan fingerprint density at radius 2 is 2.00 bits per heavy atom. The summed E-state index contributed by atoms with van der Waals surface area (Å²) < 4.78 is 11.5. The second kappa shape index (κ2) is 4.63. The highest BCUT2D eigenvalue weighted by atomic mass is 16.5. The number of aromatic amines is 1. The summed E-state index contributed by atoms with van der Waals surface area (Å²) in [6.45, 7) is 3.60. The van der Waals surface area contributed by atoms with Crippen LogP contribution in [0.3, 0.4) is 0 Å². The minimum atomic E-state index is -0.0574. The van der Waals surface area contributed by atoms with Gasteiger partial charge in [0, 0.05) is 30.0 Å². The molecule has 0 spiro atoms. The van der Waals surface area contributed by atoms with Crippen molar-refractivity contribution in [3.05, 3.63) is 18.0 Å². The molecule has 0 bridgehead atoms. The molecule has 2 unspecified atom stereocenters. The molecular weight excluding hydrogens is 266 g/mol. The molecule has 0 radical (unpaired) electrons. The molecule has 21 heavy (non-hydrogen) atoms. The number of nitrogens with zero attached hydrogens (tertiary/aromatic N) is 1. The van der Waals surface area contributed by atoms with Gasteiger partial charge in [-0.3, -0.25) is 0 Å². The molecule has 0 amide bonds. The van der Waals surface area contributed by atoms with Gasteiger partial charge < -0.3 is 20.2 Å². The molecule has 5 nitrogen and oxygen atoms in total. The smallest absolute Gasteiger partial charge is 0.163 e. The van der Waals surface area contributed by atoms with Crippen LogP contribution in [0.4, 0.5) is 0 Å². The maximum absolute atomic E-state index is 6.30. The van der Waals surface area contributed by atoms with Crippen molar-refractivity contribution >= 4 is 11.0 Å². The van der Waals surface area contributed by atoms with E-state index in [0.717, 1.165) is 54.0 Å². The van der Waals surface area contributed by atoms with Gasteiger partial charge in [0.2, 0.25) is 0 Å². The molecule has 2 atom stereocenters. The zero-order valence-electron chi connectivity index (χ0n) is 12.3. The van der Waals surface area contributed by atoms with E-state index in [1.165, 1.54) is 0 Å². The monoisotopic (exact) mass is 287 g/mol. The Labute approximate surface area is 123 Å². The van der Waals surface area contributed by atoms with Crippen LogP contribution in [0.2, 0.25) is 0 Å². The van der Waals surface area contributed by atoms with Gasteiger partial charge in [-0.25, -0.2) is 4.98 Å². The average molecular weight is 287 g/mol. The zero-order valence-corrected chi connectivity index (χ0v) is 12.3. The zero-order chi connectivity index (χ0) is 14.4. The number of hydrogen-bond donors (Lipinski definition) is 2. The summed E-state index contributed by atoms with van der Waals surface area (Å²) in [6, 6.07) is 4.14. The molecule has 2 aliphatic rings. The van der Waals surface area contributed by atoms with Gasteiger partial charge in [-0.1, -0.05) is 13.3 Å². The van der Waals surface area contributed by atoms with Crippen molar-refractivity contribution in [1.29, 1.82) is 0 Å². The van der Waals surface area contributed by atoms with Crippen LogP contribution < -0.4 is 15.2 Å². The molecule has 1 aliphatic heterocycles. The standard InChI is InChI=1S/C16H21N3O2/c1-16(5-2-4-14(16)17)15-18-10-8-12-13(9-11(10)19-15)21-7-3-6-20-12/h8-9,14H,2-7,17H2,1H3,(H,18,19). The first-order chi connectivity index (χ1) is 10.2. The van der Waals surface area contributed by atoms with E-state index in [0.29, 0.717) is 13.2 Å². The summed E-state index contributed by atoms with van der Waals surface area (Å²) in [7, 11) is 0. The minimum Gasteiger partial charge on any atom is -0.489 e. The van der Waals surface area contributed by atoms with Crippen LogP contribution in [0.25, 0.3) is 11.0 Å². The van der Waals surface area contributed by atoms with E-state index < -0.39 is 0 Å². The Hall–Kier alpha value is -1.75. The van der Waals surface area contributed by atoms with Gasteiger partial charge in [0.25, 0.3) is 0 Å². The van der Waals surface area contributed by atoms with Crippen molar-refractivity contribution in [2.24, 2.45) is 5.73 Å². The lowest BCUT2D eigenvalue weighted by Gasteiger charge is -2.26. The summed E-state index contributed by atoms with van der Waals surface area (Å²) >= 11 is 0. The van der Waals surface area contributed by atoms with E-state index >= 15 is 0 Å². The summed E-state index contributed by atoms with van der Waals surface area (Å²) in [4.78, 5) is 8.24. The normalized spacial score (nSPS) is 28.8. The molecule has 1 fully saturated rings. The number of ether oxygens (including phenoxy) is 2. The predicted octanol–water partition coefficient (Wildman–Crippen LogP) is 2.49. The fraction of sp³-hybridized carbons (Fsp3) is 0.562. The minimum absolute atomic E-state index is 0.0574. The summed E-state index contributed by atoms with van der Waals surface area (Å²) in [5, 5.41) is 0. The van der Waals surface area contributed by atoms with Crippen LogP contribution in [0.15, 0.2) is 12.1 Å². The highest BCUT2D eigenvalue weighted by Crippen LogP contribution is 2.40. The average Bonchev–Trinajstić information content (AvgIpc) is 2.94. The second-order valence-corrected chi connectivity index (χ2v) is 6.37. The van der Waals surface area contributed by atoms with Crippen LogP contribution in [0, 0.1) is 0 Å². The molecule has 1 aromatic carbocycles.